The summed E-state index contributed by atoms with van der Waals surface area (Å²) >= 11 is 1.55. The van der Waals surface area contributed by atoms with Crippen molar-refractivity contribution in [1.82, 2.24) is 14.8 Å². The average Bonchev–Trinajstić information content (AvgIpc) is 2.99. The number of hydrogen-bond donors (Lipinski definition) is 0. The van der Waals surface area contributed by atoms with Gasteiger partial charge >= 0.3 is 0 Å². The Morgan fingerprint density at radius 2 is 1.85 bits per heavy atom. The summed E-state index contributed by atoms with van der Waals surface area (Å²) in [5.74, 6) is 2.05. The summed E-state index contributed by atoms with van der Waals surface area (Å²) in [7, 11) is 0. The molecule has 0 aliphatic rings. The van der Waals surface area contributed by atoms with Crippen molar-refractivity contribution in [3.63, 3.8) is 0 Å². The molecule has 4 nitrogen and oxygen atoms in total. The molecule has 1 heterocycles. The first kappa shape index (κ1) is 18.5. The maximum Gasteiger partial charge on any atom is 0.191 e. The molecule has 0 fully saturated rings. The summed E-state index contributed by atoms with van der Waals surface area (Å²) in [6, 6.07) is 12.8. The first-order valence-corrected chi connectivity index (χ1v) is 9.54. The molecule has 3 aromatic rings. The van der Waals surface area contributed by atoms with Gasteiger partial charge in [0.25, 0.3) is 0 Å². The lowest BCUT2D eigenvalue weighted by molar-refractivity contribution is 0.288. The van der Waals surface area contributed by atoms with E-state index >= 15 is 0 Å². The van der Waals surface area contributed by atoms with Gasteiger partial charge in [-0.25, -0.2) is 4.39 Å². The number of benzene rings is 2. The lowest BCUT2D eigenvalue weighted by atomic mass is 10.1. The van der Waals surface area contributed by atoms with Crippen molar-refractivity contribution in [1.29, 1.82) is 0 Å². The molecule has 0 saturated heterocycles. The van der Waals surface area contributed by atoms with E-state index in [0.29, 0.717) is 12.4 Å². The predicted molar refractivity (Wildman–Crippen MR) is 102 cm³/mol. The quantitative estimate of drug-likeness (QED) is 0.553. The van der Waals surface area contributed by atoms with Gasteiger partial charge in [-0.15, -0.1) is 10.2 Å². The molecule has 0 radical (unpaired) electrons. The molecule has 0 saturated carbocycles. The van der Waals surface area contributed by atoms with Crippen molar-refractivity contribution < 1.29 is 9.13 Å². The van der Waals surface area contributed by atoms with Crippen molar-refractivity contribution in [3.05, 3.63) is 70.8 Å². The van der Waals surface area contributed by atoms with Crippen molar-refractivity contribution in [2.45, 2.75) is 44.8 Å². The second-order valence-electron chi connectivity index (χ2n) is 6.17. The number of aryl methyl sites for hydroxylation is 2. The summed E-state index contributed by atoms with van der Waals surface area (Å²) in [6.07, 6.45) is 0. The smallest absolute Gasteiger partial charge is 0.191 e. The minimum atomic E-state index is -0.220. The second kappa shape index (κ2) is 8.36. The Labute approximate surface area is 157 Å². The monoisotopic (exact) mass is 371 g/mol. The van der Waals surface area contributed by atoms with E-state index in [4.69, 9.17) is 4.74 Å². The largest absolute Gasteiger partial charge is 0.486 e. The van der Waals surface area contributed by atoms with Crippen molar-refractivity contribution >= 4 is 11.8 Å². The van der Waals surface area contributed by atoms with Crippen LogP contribution >= 0.6 is 11.8 Å². The third-order valence-electron chi connectivity index (χ3n) is 3.93. The predicted octanol–water partition coefficient (Wildman–Crippen LogP) is 4.93. The minimum absolute atomic E-state index is 0.220. The van der Waals surface area contributed by atoms with Crippen LogP contribution in [0.1, 0.15) is 29.4 Å². The van der Waals surface area contributed by atoms with Crippen LogP contribution < -0.4 is 4.74 Å². The van der Waals surface area contributed by atoms with Crippen molar-refractivity contribution in [3.8, 4) is 5.75 Å². The van der Waals surface area contributed by atoms with Gasteiger partial charge in [0.05, 0.1) is 0 Å². The fraction of sp³-hybridized carbons (Fsp3) is 0.300. The van der Waals surface area contributed by atoms with Gasteiger partial charge in [0, 0.05) is 12.3 Å². The molecule has 0 atom stereocenters. The molecule has 0 aliphatic heterocycles. The van der Waals surface area contributed by atoms with E-state index in [9.17, 15) is 4.39 Å². The molecule has 0 unspecified atom stereocenters. The molecule has 0 bridgehead atoms. The standard InChI is InChI=1S/C20H22FN3OS/c1-4-24-19(12-25-18-9-14(2)8-15(3)10-18)22-23-20(24)26-13-16-6-5-7-17(21)11-16/h5-11H,4,12-13H2,1-3H3. The number of nitrogens with zero attached hydrogens (tertiary/aromatic N) is 3. The zero-order valence-electron chi connectivity index (χ0n) is 15.2. The van der Waals surface area contributed by atoms with Crippen LogP contribution in [0.3, 0.4) is 0 Å². The summed E-state index contributed by atoms with van der Waals surface area (Å²) < 4.78 is 21.2. The van der Waals surface area contributed by atoms with Crippen molar-refractivity contribution in [2.75, 3.05) is 0 Å². The summed E-state index contributed by atoms with van der Waals surface area (Å²) in [5, 5.41) is 9.36. The maximum atomic E-state index is 13.3. The van der Waals surface area contributed by atoms with Crippen LogP contribution in [0.2, 0.25) is 0 Å². The molecule has 6 heteroatoms. The third-order valence-corrected chi connectivity index (χ3v) is 4.97. The summed E-state index contributed by atoms with van der Waals surface area (Å²) in [5.41, 5.74) is 3.26. The van der Waals surface area contributed by atoms with E-state index in [1.807, 2.05) is 22.8 Å². The lowest BCUT2D eigenvalue weighted by Gasteiger charge is -2.10. The first-order chi connectivity index (χ1) is 12.5. The van der Waals surface area contributed by atoms with Gasteiger partial charge in [0.1, 0.15) is 18.2 Å². The topological polar surface area (TPSA) is 39.9 Å². The van der Waals surface area contributed by atoms with E-state index < -0.39 is 0 Å². The van der Waals surface area contributed by atoms with Crippen LogP contribution in [0.25, 0.3) is 0 Å². The number of rotatable bonds is 7. The van der Waals surface area contributed by atoms with Gasteiger partial charge in [-0.05, 0) is 61.7 Å². The molecule has 3 rings (SSSR count). The summed E-state index contributed by atoms with van der Waals surface area (Å²) in [4.78, 5) is 0. The highest BCUT2D eigenvalue weighted by Gasteiger charge is 2.12. The average molecular weight is 371 g/mol. The number of ether oxygens (including phenoxy) is 1. The number of hydrogen-bond acceptors (Lipinski definition) is 4. The van der Waals surface area contributed by atoms with Crippen LogP contribution in [0, 0.1) is 19.7 Å². The Morgan fingerprint density at radius 3 is 2.54 bits per heavy atom. The molecular weight excluding hydrogens is 349 g/mol. The zero-order valence-corrected chi connectivity index (χ0v) is 16.0. The highest BCUT2D eigenvalue weighted by atomic mass is 32.2. The molecule has 26 heavy (non-hydrogen) atoms. The molecule has 2 aromatic carbocycles. The molecule has 0 spiro atoms. The second-order valence-corrected chi connectivity index (χ2v) is 7.12. The third kappa shape index (κ3) is 4.64. The van der Waals surface area contributed by atoms with Gasteiger partial charge < -0.3 is 9.30 Å². The highest BCUT2D eigenvalue weighted by Crippen LogP contribution is 2.23. The van der Waals surface area contributed by atoms with Crippen LogP contribution in [0.4, 0.5) is 4.39 Å². The van der Waals surface area contributed by atoms with Gasteiger partial charge in [-0.3, -0.25) is 0 Å². The number of thioether (sulfide) groups is 1. The van der Waals surface area contributed by atoms with Crippen LogP contribution in [-0.2, 0) is 18.9 Å². The van der Waals surface area contributed by atoms with Crippen LogP contribution in [-0.4, -0.2) is 14.8 Å². The Bertz CT molecular complexity index is 874. The molecule has 1 aromatic heterocycles. The first-order valence-electron chi connectivity index (χ1n) is 8.55. The van der Waals surface area contributed by atoms with Crippen molar-refractivity contribution in [2.24, 2.45) is 0 Å². The maximum absolute atomic E-state index is 13.3. The van der Waals surface area contributed by atoms with E-state index in [-0.39, 0.29) is 5.82 Å². The number of halogens is 1. The van der Waals surface area contributed by atoms with Crippen LogP contribution in [0.15, 0.2) is 47.6 Å². The van der Waals surface area contributed by atoms with Gasteiger partial charge in [-0.2, -0.15) is 0 Å². The Kier molecular flexibility index (Phi) is 5.93. The molecule has 0 N–H and O–H groups in total. The summed E-state index contributed by atoms with van der Waals surface area (Å²) in [6.45, 7) is 7.27. The highest BCUT2D eigenvalue weighted by molar-refractivity contribution is 7.98. The molecular formula is C20H22FN3OS. The van der Waals surface area contributed by atoms with E-state index in [2.05, 4.69) is 37.0 Å². The number of aromatic nitrogens is 3. The minimum Gasteiger partial charge on any atom is -0.486 e. The van der Waals surface area contributed by atoms with Gasteiger partial charge in [0.15, 0.2) is 11.0 Å². The Morgan fingerprint density at radius 1 is 1.08 bits per heavy atom. The Balaban J connectivity index is 1.67. The molecule has 0 amide bonds. The van der Waals surface area contributed by atoms with Gasteiger partial charge in [-0.1, -0.05) is 30.0 Å². The fourth-order valence-electron chi connectivity index (χ4n) is 2.79. The fourth-order valence-corrected chi connectivity index (χ4v) is 3.75. The van der Waals surface area contributed by atoms with E-state index in [1.54, 1.807) is 23.9 Å². The van der Waals surface area contributed by atoms with Gasteiger partial charge in [0.2, 0.25) is 0 Å². The lowest BCUT2D eigenvalue weighted by Crippen LogP contribution is -2.07. The van der Waals surface area contributed by atoms with Crippen LogP contribution in [0.5, 0.6) is 5.75 Å². The normalized spacial score (nSPS) is 10.9. The molecule has 136 valence electrons. The van der Waals surface area contributed by atoms with E-state index in [0.717, 1.165) is 28.8 Å². The molecule has 0 aliphatic carbocycles. The zero-order chi connectivity index (χ0) is 18.5. The SMILES string of the molecule is CCn1c(COc2cc(C)cc(C)c2)nnc1SCc1cccc(F)c1. The van der Waals surface area contributed by atoms with E-state index in [1.165, 1.54) is 17.2 Å². The Hall–Kier alpha value is -2.34.